The summed E-state index contributed by atoms with van der Waals surface area (Å²) in [5.41, 5.74) is 0.468. The third-order valence-electron chi connectivity index (χ3n) is 3.98. The Morgan fingerprint density at radius 1 is 1.19 bits per heavy atom. The lowest BCUT2D eigenvalue weighted by atomic mass is 10.2. The fourth-order valence-electron chi connectivity index (χ4n) is 2.54. The summed E-state index contributed by atoms with van der Waals surface area (Å²) in [6, 6.07) is 12.3. The summed E-state index contributed by atoms with van der Waals surface area (Å²) in [5, 5.41) is 12.3. The summed E-state index contributed by atoms with van der Waals surface area (Å²) in [4.78, 5) is 17.7. The molecule has 3 rings (SSSR count). The van der Waals surface area contributed by atoms with Gasteiger partial charge in [0.05, 0.1) is 5.56 Å². The van der Waals surface area contributed by atoms with Crippen molar-refractivity contribution in [3.05, 3.63) is 53.8 Å². The van der Waals surface area contributed by atoms with Crippen molar-refractivity contribution in [2.45, 2.75) is 4.21 Å². The highest BCUT2D eigenvalue weighted by molar-refractivity contribution is 7.92. The Kier molecular flexibility index (Phi) is 6.96. The summed E-state index contributed by atoms with van der Waals surface area (Å²) in [6.45, 7) is 0.602. The van der Waals surface area contributed by atoms with Gasteiger partial charge in [0, 0.05) is 16.9 Å². The monoisotopic (exact) mass is 485 g/mol. The van der Waals surface area contributed by atoms with Crippen LogP contribution < -0.4 is 14.8 Å². The lowest BCUT2D eigenvalue weighted by molar-refractivity contribution is 0.333. The summed E-state index contributed by atoms with van der Waals surface area (Å²) in [5.74, 6) is -0.123. The van der Waals surface area contributed by atoms with Gasteiger partial charge in [-0.05, 0) is 47.9 Å². The molecule has 9 nitrogen and oxygen atoms in total. The zero-order valence-electron chi connectivity index (χ0n) is 15.8. The van der Waals surface area contributed by atoms with E-state index in [0.29, 0.717) is 28.1 Å². The molecular weight excluding hydrogens is 468 g/mol. The molecule has 13 heteroatoms. The Morgan fingerprint density at radius 2 is 1.97 bits per heavy atom. The fraction of sp³-hybridized carbons (Fsp3) is 0.167. The van der Waals surface area contributed by atoms with Gasteiger partial charge >= 0.3 is 7.60 Å². The van der Waals surface area contributed by atoms with Gasteiger partial charge in [0.1, 0.15) is 34.7 Å². The maximum absolute atomic E-state index is 13.6. The maximum Gasteiger partial charge on any atom is 0.340 e. The van der Waals surface area contributed by atoms with Gasteiger partial charge in [0.15, 0.2) is 0 Å². The predicted molar refractivity (Wildman–Crippen MR) is 114 cm³/mol. The highest BCUT2D eigenvalue weighted by Gasteiger charge is 2.22. The first-order chi connectivity index (χ1) is 14.6. The summed E-state index contributed by atoms with van der Waals surface area (Å²) in [7, 11) is -8.57. The Labute approximate surface area is 181 Å². The molecule has 0 amide bonds. The van der Waals surface area contributed by atoms with Crippen LogP contribution in [0.15, 0.2) is 46.7 Å². The summed E-state index contributed by atoms with van der Waals surface area (Å²) in [6.07, 6.45) is -0.978. The molecule has 0 atom stereocenters. The van der Waals surface area contributed by atoms with Crippen molar-refractivity contribution in [1.82, 2.24) is 4.72 Å². The second kappa shape index (κ2) is 9.32. The molecule has 2 aromatic carbocycles. The molecule has 0 bridgehead atoms. The van der Waals surface area contributed by atoms with Gasteiger partial charge in [-0.15, -0.1) is 11.3 Å². The van der Waals surface area contributed by atoms with Crippen LogP contribution in [-0.2, 0) is 14.6 Å². The minimum atomic E-state index is -4.52. The second-order valence-electron chi connectivity index (χ2n) is 6.32. The zero-order valence-corrected chi connectivity index (χ0v) is 18.3. The number of nitriles is 1. The molecule has 1 heterocycles. The lowest BCUT2D eigenvalue weighted by Crippen LogP contribution is -2.23. The van der Waals surface area contributed by atoms with Crippen LogP contribution in [0.2, 0.25) is 0 Å². The van der Waals surface area contributed by atoms with Crippen molar-refractivity contribution in [3.8, 4) is 11.8 Å². The molecule has 0 aliphatic rings. The number of ether oxygens (including phenoxy) is 1. The van der Waals surface area contributed by atoms with E-state index in [1.807, 2.05) is 4.72 Å². The number of thiophene rings is 1. The highest BCUT2D eigenvalue weighted by atomic mass is 32.2. The fourth-order valence-corrected chi connectivity index (χ4v) is 5.98. The van der Waals surface area contributed by atoms with Crippen LogP contribution in [-0.4, -0.2) is 37.6 Å². The number of hydrogen-bond donors (Lipinski definition) is 4. The first kappa shape index (κ1) is 23.1. The van der Waals surface area contributed by atoms with Crippen molar-refractivity contribution >= 4 is 44.7 Å². The molecular formula is C18H17FN3O6PS2. The van der Waals surface area contributed by atoms with Crippen molar-refractivity contribution in [3.63, 3.8) is 0 Å². The number of anilines is 1. The van der Waals surface area contributed by atoms with Gasteiger partial charge in [-0.1, -0.05) is 0 Å². The highest BCUT2D eigenvalue weighted by Crippen LogP contribution is 2.35. The molecule has 1 aromatic heterocycles. The van der Waals surface area contributed by atoms with Crippen LogP contribution in [0.25, 0.3) is 10.1 Å². The Morgan fingerprint density at radius 3 is 2.65 bits per heavy atom. The van der Waals surface area contributed by atoms with E-state index in [4.69, 9.17) is 19.8 Å². The number of rotatable bonds is 9. The number of nitrogens with one attached hydrogen (secondary N) is 2. The van der Waals surface area contributed by atoms with E-state index in [1.54, 1.807) is 30.3 Å². The molecule has 0 fully saturated rings. The van der Waals surface area contributed by atoms with Crippen LogP contribution in [0.1, 0.15) is 5.56 Å². The van der Waals surface area contributed by atoms with Crippen LogP contribution in [0, 0.1) is 17.1 Å². The maximum atomic E-state index is 13.6. The standard InChI is InChI=1S/C18H17FN3O6PS2/c19-16-9-14(2-1-12(16)10-20)21-5-6-28-15-3-4-17-13(7-15)8-18(30-17)31(26,27)22-11-29(23,24)25/h1-4,7-9,21-22H,5-6,11H2,(H2,23,24,25). The molecule has 0 saturated carbocycles. The normalized spacial score (nSPS) is 11.9. The molecule has 31 heavy (non-hydrogen) atoms. The molecule has 0 radical (unpaired) electrons. The van der Waals surface area contributed by atoms with E-state index in [9.17, 15) is 17.4 Å². The van der Waals surface area contributed by atoms with Crippen molar-refractivity contribution in [2.24, 2.45) is 0 Å². The molecule has 3 aromatic rings. The molecule has 0 spiro atoms. The van der Waals surface area contributed by atoms with E-state index in [-0.39, 0.29) is 16.4 Å². The molecule has 4 N–H and O–H groups in total. The van der Waals surface area contributed by atoms with Gasteiger partial charge < -0.3 is 19.8 Å². The zero-order chi connectivity index (χ0) is 22.6. The van der Waals surface area contributed by atoms with Gasteiger partial charge in [0.25, 0.3) is 10.0 Å². The molecule has 0 saturated heterocycles. The van der Waals surface area contributed by atoms with E-state index < -0.39 is 29.7 Å². The van der Waals surface area contributed by atoms with Crippen molar-refractivity contribution in [1.29, 1.82) is 5.26 Å². The molecule has 0 aliphatic carbocycles. The van der Waals surface area contributed by atoms with Gasteiger partial charge in [-0.3, -0.25) is 4.57 Å². The van der Waals surface area contributed by atoms with Gasteiger partial charge in [-0.25, -0.2) is 12.8 Å². The predicted octanol–water partition coefficient (Wildman–Crippen LogP) is 2.82. The van der Waals surface area contributed by atoms with E-state index in [2.05, 4.69) is 5.32 Å². The first-order valence-electron chi connectivity index (χ1n) is 8.71. The van der Waals surface area contributed by atoms with Gasteiger partial charge in [0.2, 0.25) is 0 Å². The average molecular weight is 485 g/mol. The van der Waals surface area contributed by atoms with Gasteiger partial charge in [-0.2, -0.15) is 9.98 Å². The SMILES string of the molecule is N#Cc1ccc(NCCOc2ccc3sc(S(=O)(=O)NCP(=O)(O)O)cc3c2)cc1F. The number of hydrogen-bond acceptors (Lipinski definition) is 7. The minimum absolute atomic E-state index is 0.0378. The number of benzene rings is 2. The van der Waals surface area contributed by atoms with Crippen LogP contribution in [0.4, 0.5) is 10.1 Å². The third-order valence-corrected chi connectivity index (χ3v) is 7.75. The Bertz CT molecular complexity index is 1300. The molecule has 164 valence electrons. The van der Waals surface area contributed by atoms with Crippen LogP contribution in [0.5, 0.6) is 5.75 Å². The molecule has 0 unspecified atom stereocenters. The summed E-state index contributed by atoms with van der Waals surface area (Å²) >= 11 is 0.964. The minimum Gasteiger partial charge on any atom is -0.492 e. The first-order valence-corrected chi connectivity index (χ1v) is 12.8. The Balaban J connectivity index is 1.60. The number of sulfonamides is 1. The largest absolute Gasteiger partial charge is 0.492 e. The Hall–Kier alpha value is -2.52. The van der Waals surface area contributed by atoms with Crippen LogP contribution in [0.3, 0.4) is 0 Å². The number of fused-ring (bicyclic) bond motifs is 1. The smallest absolute Gasteiger partial charge is 0.340 e. The van der Waals surface area contributed by atoms with E-state index in [1.165, 1.54) is 18.2 Å². The third kappa shape index (κ3) is 6.24. The second-order valence-corrected chi connectivity index (χ2v) is 11.0. The summed E-state index contributed by atoms with van der Waals surface area (Å²) < 4.78 is 57.0. The quantitative estimate of drug-likeness (QED) is 0.267. The lowest BCUT2D eigenvalue weighted by Gasteiger charge is -2.09. The van der Waals surface area contributed by atoms with Crippen molar-refractivity contribution < 1.29 is 31.9 Å². The number of nitrogens with zero attached hydrogens (tertiary/aromatic N) is 1. The number of halogens is 1. The topological polar surface area (TPSA) is 149 Å². The van der Waals surface area contributed by atoms with E-state index in [0.717, 1.165) is 11.3 Å². The van der Waals surface area contributed by atoms with Crippen molar-refractivity contribution in [2.75, 3.05) is 24.8 Å². The molecule has 0 aliphatic heterocycles. The average Bonchev–Trinajstić information content (AvgIpc) is 3.14. The van der Waals surface area contributed by atoms with E-state index >= 15 is 0 Å². The van der Waals surface area contributed by atoms with Crippen LogP contribution >= 0.6 is 18.9 Å².